The largest absolute Gasteiger partial charge is 0.506 e. The number of ether oxygens (including phenoxy) is 3. The molecule has 1 aromatic heterocycles. The second kappa shape index (κ2) is 9.51. The summed E-state index contributed by atoms with van der Waals surface area (Å²) in [7, 11) is 1.83. The number of aryl methyl sites for hydroxylation is 1. The molecule has 0 amide bonds. The van der Waals surface area contributed by atoms with Gasteiger partial charge in [-0.15, -0.1) is 0 Å². The highest BCUT2D eigenvalue weighted by molar-refractivity contribution is 5.94. The number of hydrogen-bond donors (Lipinski definition) is 2. The van der Waals surface area contributed by atoms with Crippen LogP contribution in [0.4, 0.5) is 5.69 Å². The minimum Gasteiger partial charge on any atom is -0.506 e. The van der Waals surface area contributed by atoms with Crippen LogP contribution in [-0.4, -0.2) is 45.8 Å². The molecule has 2 aromatic carbocycles. The highest BCUT2D eigenvalue weighted by Crippen LogP contribution is 2.30. The number of hydrogen-bond acceptors (Lipinski definition) is 7. The van der Waals surface area contributed by atoms with Gasteiger partial charge in [0.1, 0.15) is 30.2 Å². The Morgan fingerprint density at radius 3 is 2.53 bits per heavy atom. The Kier molecular flexibility index (Phi) is 6.77. The first-order chi connectivity index (χ1) is 15.2. The second-order valence-electron chi connectivity index (χ2n) is 7.55. The summed E-state index contributed by atoms with van der Waals surface area (Å²) in [6.07, 6.45) is -0.189. The van der Waals surface area contributed by atoms with Crippen molar-refractivity contribution in [3.63, 3.8) is 0 Å². The molecule has 9 nitrogen and oxygen atoms in total. The van der Waals surface area contributed by atoms with Gasteiger partial charge in [0.05, 0.1) is 22.9 Å². The molecule has 0 aliphatic heterocycles. The van der Waals surface area contributed by atoms with Gasteiger partial charge in [0.2, 0.25) is 0 Å². The van der Waals surface area contributed by atoms with E-state index in [4.69, 9.17) is 14.2 Å². The Balaban J connectivity index is 1.64. The molecule has 2 N–H and O–H groups in total. The van der Waals surface area contributed by atoms with Crippen molar-refractivity contribution < 1.29 is 28.9 Å². The number of nitrogens with one attached hydrogen (secondary N) is 1. The maximum absolute atomic E-state index is 12.1. The Morgan fingerprint density at radius 2 is 1.88 bits per heavy atom. The summed E-state index contributed by atoms with van der Waals surface area (Å²) in [5.41, 5.74) is 6.06. The number of aromatic nitrogens is 2. The summed E-state index contributed by atoms with van der Waals surface area (Å²) in [5, 5.41) is 10.4. The molecule has 0 bridgehead atoms. The summed E-state index contributed by atoms with van der Waals surface area (Å²) in [5.74, 6) is -0.422. The van der Waals surface area contributed by atoms with Crippen LogP contribution in [0.1, 0.15) is 31.1 Å². The molecular formula is C23H27N3O6. The van der Waals surface area contributed by atoms with Gasteiger partial charge in [-0.25, -0.2) is 9.59 Å². The average molecular weight is 441 g/mol. The van der Waals surface area contributed by atoms with E-state index in [1.165, 1.54) is 6.07 Å². The zero-order chi connectivity index (χ0) is 23.4. The number of anilines is 1. The van der Waals surface area contributed by atoms with Crippen LogP contribution in [0.15, 0.2) is 48.6 Å². The van der Waals surface area contributed by atoms with Crippen molar-refractivity contribution >= 4 is 28.7 Å². The van der Waals surface area contributed by atoms with Crippen molar-refractivity contribution in [3.8, 4) is 11.5 Å². The van der Waals surface area contributed by atoms with Crippen molar-refractivity contribution in [2.45, 2.75) is 26.9 Å². The van der Waals surface area contributed by atoms with Crippen LogP contribution in [0.5, 0.6) is 11.5 Å². The minimum atomic E-state index is -0.473. The van der Waals surface area contributed by atoms with Gasteiger partial charge in [-0.1, -0.05) is 6.58 Å². The van der Waals surface area contributed by atoms with Crippen molar-refractivity contribution in [3.05, 3.63) is 54.1 Å². The lowest BCUT2D eigenvalue weighted by molar-refractivity contribution is -0.139. The lowest BCUT2D eigenvalue weighted by Gasteiger charge is -2.25. The van der Waals surface area contributed by atoms with Crippen LogP contribution in [-0.2, 0) is 21.3 Å². The van der Waals surface area contributed by atoms with E-state index in [2.05, 4.69) is 12.0 Å². The molecule has 0 unspecified atom stereocenters. The third-order valence-electron chi connectivity index (χ3n) is 4.56. The molecule has 0 saturated heterocycles. The number of esters is 2. The van der Waals surface area contributed by atoms with Crippen LogP contribution in [0.2, 0.25) is 0 Å². The number of rotatable bonds is 9. The number of benzene rings is 2. The summed E-state index contributed by atoms with van der Waals surface area (Å²) in [6, 6.07) is 10.1. The summed E-state index contributed by atoms with van der Waals surface area (Å²) < 4.78 is 17.5. The SMILES string of the molecule is C=C(C)C(=O)OCCOc1ccc(Nn2c3ccc(C(=O)OC(C)C)cc3n2C)c(O)c1. The van der Waals surface area contributed by atoms with Crippen LogP contribution in [0.25, 0.3) is 11.0 Å². The van der Waals surface area contributed by atoms with Crippen molar-refractivity contribution in [2.75, 3.05) is 18.6 Å². The standard InChI is InChI=1S/C23H27N3O6/c1-14(2)22(28)31-11-10-30-17-7-8-18(21(27)13-17)24-26-19-9-6-16(12-20(19)25(26)5)23(29)32-15(3)4/h6-9,12-13,15,24,27H,1,10-11H2,2-5H3. The van der Waals surface area contributed by atoms with Crippen molar-refractivity contribution in [1.29, 1.82) is 0 Å². The first-order valence-electron chi connectivity index (χ1n) is 10.1. The molecule has 0 saturated carbocycles. The van der Waals surface area contributed by atoms with E-state index in [1.54, 1.807) is 60.6 Å². The van der Waals surface area contributed by atoms with E-state index in [9.17, 15) is 14.7 Å². The highest BCUT2D eigenvalue weighted by Gasteiger charge is 2.16. The van der Waals surface area contributed by atoms with Gasteiger partial charge in [0.25, 0.3) is 0 Å². The highest BCUT2D eigenvalue weighted by atomic mass is 16.6. The minimum absolute atomic E-state index is 0.0135. The first kappa shape index (κ1) is 22.8. The zero-order valence-corrected chi connectivity index (χ0v) is 18.5. The Morgan fingerprint density at radius 1 is 1.12 bits per heavy atom. The number of nitrogens with zero attached hydrogens (tertiary/aromatic N) is 2. The fourth-order valence-electron chi connectivity index (χ4n) is 2.96. The predicted octanol–water partition coefficient (Wildman–Crippen LogP) is 3.62. The van der Waals surface area contributed by atoms with E-state index in [0.717, 1.165) is 11.0 Å². The molecule has 0 radical (unpaired) electrons. The normalized spacial score (nSPS) is 10.9. The van der Waals surface area contributed by atoms with Gasteiger partial charge in [0.15, 0.2) is 0 Å². The van der Waals surface area contributed by atoms with E-state index in [1.807, 2.05) is 7.05 Å². The average Bonchev–Trinajstić information content (AvgIpc) is 2.74. The lowest BCUT2D eigenvalue weighted by Crippen LogP contribution is -2.27. The van der Waals surface area contributed by atoms with E-state index < -0.39 is 5.97 Å². The molecule has 3 aromatic rings. The summed E-state index contributed by atoms with van der Waals surface area (Å²) in [4.78, 5) is 25.2. The van der Waals surface area contributed by atoms with Crippen LogP contribution in [0, 0.1) is 0 Å². The molecule has 1 heterocycles. The quantitative estimate of drug-likeness (QED) is 0.226. The van der Waals surface area contributed by atoms with Gasteiger partial charge < -0.3 is 19.3 Å². The molecule has 9 heteroatoms. The molecular weight excluding hydrogens is 414 g/mol. The van der Waals surface area contributed by atoms with Crippen LogP contribution >= 0.6 is 0 Å². The predicted molar refractivity (Wildman–Crippen MR) is 120 cm³/mol. The maximum atomic E-state index is 12.1. The number of aromatic hydroxyl groups is 1. The molecule has 0 aliphatic rings. The molecule has 0 spiro atoms. The number of phenols is 1. The van der Waals surface area contributed by atoms with Gasteiger partial charge in [-0.3, -0.25) is 10.1 Å². The van der Waals surface area contributed by atoms with Gasteiger partial charge in [-0.2, -0.15) is 4.79 Å². The fraction of sp³-hybridized carbons (Fsp3) is 0.304. The third kappa shape index (κ3) is 5.05. The van der Waals surface area contributed by atoms with Gasteiger partial charge in [0, 0.05) is 18.7 Å². The molecule has 170 valence electrons. The third-order valence-corrected chi connectivity index (χ3v) is 4.56. The number of fused-ring (bicyclic) bond motifs is 1. The molecule has 0 fully saturated rings. The Labute approximate surface area is 185 Å². The van der Waals surface area contributed by atoms with E-state index in [-0.39, 0.29) is 31.0 Å². The molecule has 0 aliphatic carbocycles. The topological polar surface area (TPSA) is 104 Å². The monoisotopic (exact) mass is 441 g/mol. The van der Waals surface area contributed by atoms with Crippen LogP contribution < -0.4 is 10.2 Å². The van der Waals surface area contributed by atoms with Crippen molar-refractivity contribution in [1.82, 2.24) is 9.47 Å². The Hall–Kier alpha value is -3.88. The summed E-state index contributed by atoms with van der Waals surface area (Å²) in [6.45, 7) is 8.91. The zero-order valence-electron chi connectivity index (χ0n) is 18.5. The molecule has 3 rings (SSSR count). The Bertz CT molecular complexity index is 1160. The first-order valence-corrected chi connectivity index (χ1v) is 10.1. The number of carbonyl (C=O) groups is 2. The number of phenolic OH excluding ortho intramolecular Hbond substituents is 1. The second-order valence-corrected chi connectivity index (χ2v) is 7.55. The summed E-state index contributed by atoms with van der Waals surface area (Å²) >= 11 is 0. The van der Waals surface area contributed by atoms with Gasteiger partial charge >= 0.3 is 11.9 Å². The molecule has 0 atom stereocenters. The van der Waals surface area contributed by atoms with E-state index in [0.29, 0.717) is 22.6 Å². The number of carbonyl (C=O) groups excluding carboxylic acids is 2. The fourth-order valence-corrected chi connectivity index (χ4v) is 2.96. The van der Waals surface area contributed by atoms with Gasteiger partial charge in [-0.05, 0) is 51.1 Å². The lowest BCUT2D eigenvalue weighted by atomic mass is 10.2. The van der Waals surface area contributed by atoms with E-state index >= 15 is 0 Å². The maximum Gasteiger partial charge on any atom is 0.338 e. The smallest absolute Gasteiger partial charge is 0.338 e. The molecule has 32 heavy (non-hydrogen) atoms. The van der Waals surface area contributed by atoms with Crippen LogP contribution in [0.3, 0.4) is 0 Å². The van der Waals surface area contributed by atoms with Crippen molar-refractivity contribution in [2.24, 2.45) is 7.05 Å².